The predicted molar refractivity (Wildman–Crippen MR) is 59.7 cm³/mol. The van der Waals surface area contributed by atoms with Crippen LogP contribution in [0.1, 0.15) is 13.8 Å². The van der Waals surface area contributed by atoms with E-state index in [4.69, 9.17) is 10.5 Å². The predicted octanol–water partition coefficient (Wildman–Crippen LogP) is 1.98. The largest absolute Gasteiger partial charge is 0.492 e. The third-order valence-corrected chi connectivity index (χ3v) is 2.00. The number of hydrogen-bond acceptors (Lipinski definition) is 3. The molecule has 0 spiro atoms. The maximum atomic E-state index is 13.0. The second kappa shape index (κ2) is 5.56. The molecule has 0 aliphatic heterocycles. The molecule has 3 nitrogen and oxygen atoms in total. The van der Waals surface area contributed by atoms with Crippen LogP contribution in [0.4, 0.5) is 10.1 Å². The first-order chi connectivity index (χ1) is 7.17. The molecule has 0 aromatic heterocycles. The molecule has 0 heterocycles. The molecule has 15 heavy (non-hydrogen) atoms. The third-order valence-electron chi connectivity index (χ3n) is 2.00. The summed E-state index contributed by atoms with van der Waals surface area (Å²) in [6.45, 7) is 4.85. The van der Waals surface area contributed by atoms with Gasteiger partial charge in [0.25, 0.3) is 0 Å². The Morgan fingerprint density at radius 2 is 2.27 bits per heavy atom. The van der Waals surface area contributed by atoms with E-state index in [-0.39, 0.29) is 11.9 Å². The monoisotopic (exact) mass is 212 g/mol. The molecule has 0 amide bonds. The van der Waals surface area contributed by atoms with E-state index in [2.05, 4.69) is 5.32 Å². The number of benzene rings is 1. The first-order valence-electron chi connectivity index (χ1n) is 5.06. The molecule has 84 valence electrons. The van der Waals surface area contributed by atoms with Crippen LogP contribution in [0, 0.1) is 5.82 Å². The van der Waals surface area contributed by atoms with E-state index in [0.29, 0.717) is 18.9 Å². The fourth-order valence-corrected chi connectivity index (χ4v) is 1.21. The lowest BCUT2D eigenvalue weighted by molar-refractivity contribution is 0.339. The van der Waals surface area contributed by atoms with E-state index in [9.17, 15) is 4.39 Å². The zero-order valence-electron chi connectivity index (χ0n) is 9.09. The Kier molecular flexibility index (Phi) is 4.37. The van der Waals surface area contributed by atoms with Gasteiger partial charge in [0.05, 0.1) is 12.3 Å². The van der Waals surface area contributed by atoms with Gasteiger partial charge in [-0.3, -0.25) is 0 Å². The van der Waals surface area contributed by atoms with Crippen molar-refractivity contribution in [2.75, 3.05) is 18.5 Å². The van der Waals surface area contributed by atoms with Crippen LogP contribution < -0.4 is 15.8 Å². The molecule has 0 aliphatic carbocycles. The van der Waals surface area contributed by atoms with Crippen molar-refractivity contribution in [3.05, 3.63) is 24.0 Å². The number of hydrogen-bond donors (Lipinski definition) is 2. The van der Waals surface area contributed by atoms with Crippen molar-refractivity contribution in [1.29, 1.82) is 0 Å². The van der Waals surface area contributed by atoms with Crippen LogP contribution in [0.15, 0.2) is 18.2 Å². The Morgan fingerprint density at radius 1 is 1.53 bits per heavy atom. The molecule has 0 bridgehead atoms. The van der Waals surface area contributed by atoms with Gasteiger partial charge in [-0.05, 0) is 26.0 Å². The van der Waals surface area contributed by atoms with E-state index in [1.165, 1.54) is 12.1 Å². The highest BCUT2D eigenvalue weighted by atomic mass is 19.1. The molecule has 1 aromatic rings. The lowest BCUT2D eigenvalue weighted by Crippen LogP contribution is -2.25. The highest BCUT2D eigenvalue weighted by Gasteiger charge is 2.07. The summed E-state index contributed by atoms with van der Waals surface area (Å²) in [4.78, 5) is 0. The van der Waals surface area contributed by atoms with Gasteiger partial charge < -0.3 is 15.8 Å². The van der Waals surface area contributed by atoms with Crippen LogP contribution in [0.3, 0.4) is 0 Å². The zero-order chi connectivity index (χ0) is 11.3. The highest BCUT2D eigenvalue weighted by Crippen LogP contribution is 2.25. The number of nitrogens with one attached hydrogen (secondary N) is 1. The molecule has 0 radical (unpaired) electrons. The normalized spacial score (nSPS) is 12.3. The van der Waals surface area contributed by atoms with E-state index in [1.54, 1.807) is 6.07 Å². The third kappa shape index (κ3) is 3.40. The first-order valence-corrected chi connectivity index (χ1v) is 5.06. The Balaban J connectivity index is 2.85. The van der Waals surface area contributed by atoms with E-state index < -0.39 is 0 Å². The Bertz CT molecular complexity index is 317. The number of nitrogens with two attached hydrogens (primary N) is 1. The van der Waals surface area contributed by atoms with Gasteiger partial charge in [-0.15, -0.1) is 0 Å². The Labute approximate surface area is 89.4 Å². The maximum absolute atomic E-state index is 13.0. The molecule has 0 aliphatic rings. The van der Waals surface area contributed by atoms with Gasteiger partial charge in [0.15, 0.2) is 0 Å². The van der Waals surface area contributed by atoms with Gasteiger partial charge in [0.1, 0.15) is 11.6 Å². The van der Waals surface area contributed by atoms with Crippen molar-refractivity contribution in [3.8, 4) is 5.75 Å². The van der Waals surface area contributed by atoms with Gasteiger partial charge in [-0.25, -0.2) is 4.39 Å². The smallest absolute Gasteiger partial charge is 0.145 e. The Hall–Kier alpha value is -1.29. The van der Waals surface area contributed by atoms with Crippen molar-refractivity contribution < 1.29 is 9.13 Å². The van der Waals surface area contributed by atoms with Crippen LogP contribution >= 0.6 is 0 Å². The second-order valence-corrected chi connectivity index (χ2v) is 3.35. The maximum Gasteiger partial charge on any atom is 0.145 e. The van der Waals surface area contributed by atoms with Crippen LogP contribution in [-0.2, 0) is 0 Å². The molecule has 1 rings (SSSR count). The van der Waals surface area contributed by atoms with E-state index >= 15 is 0 Å². The first kappa shape index (κ1) is 11.8. The van der Waals surface area contributed by atoms with Gasteiger partial charge in [0, 0.05) is 18.7 Å². The number of anilines is 1. The summed E-state index contributed by atoms with van der Waals surface area (Å²) in [7, 11) is 0. The molecule has 1 unspecified atom stereocenters. The topological polar surface area (TPSA) is 47.3 Å². The van der Waals surface area contributed by atoms with Gasteiger partial charge in [-0.1, -0.05) is 0 Å². The summed E-state index contributed by atoms with van der Waals surface area (Å²) >= 11 is 0. The summed E-state index contributed by atoms with van der Waals surface area (Å²) < 4.78 is 18.3. The summed E-state index contributed by atoms with van der Waals surface area (Å²) in [6.07, 6.45) is 0. The SMILES string of the molecule is CCOc1cc(F)ccc1NC(C)CN. The standard InChI is InChI=1S/C11H17FN2O/c1-3-15-11-6-9(12)4-5-10(11)14-8(2)7-13/h4-6,8,14H,3,7,13H2,1-2H3. The van der Waals surface area contributed by atoms with Crippen LogP contribution in [0.2, 0.25) is 0 Å². The average Bonchev–Trinajstić information content (AvgIpc) is 2.22. The lowest BCUT2D eigenvalue weighted by atomic mass is 10.2. The fraction of sp³-hybridized carbons (Fsp3) is 0.455. The lowest BCUT2D eigenvalue weighted by Gasteiger charge is -2.16. The highest BCUT2D eigenvalue weighted by molar-refractivity contribution is 5.57. The van der Waals surface area contributed by atoms with Crippen LogP contribution in [-0.4, -0.2) is 19.2 Å². The van der Waals surface area contributed by atoms with Gasteiger partial charge in [0.2, 0.25) is 0 Å². The van der Waals surface area contributed by atoms with E-state index in [0.717, 1.165) is 5.69 Å². The molecule has 0 saturated heterocycles. The molecular formula is C11H17FN2O. The molecule has 1 aromatic carbocycles. The summed E-state index contributed by atoms with van der Waals surface area (Å²) in [6, 6.07) is 4.56. The van der Waals surface area contributed by atoms with Crippen LogP contribution in [0.5, 0.6) is 5.75 Å². The minimum absolute atomic E-state index is 0.134. The number of ether oxygens (including phenoxy) is 1. The van der Waals surface area contributed by atoms with Gasteiger partial charge >= 0.3 is 0 Å². The van der Waals surface area contributed by atoms with Crippen molar-refractivity contribution in [1.82, 2.24) is 0 Å². The Morgan fingerprint density at radius 3 is 2.87 bits per heavy atom. The summed E-state index contributed by atoms with van der Waals surface area (Å²) in [5, 5.41) is 3.16. The average molecular weight is 212 g/mol. The second-order valence-electron chi connectivity index (χ2n) is 3.35. The van der Waals surface area contributed by atoms with Crippen molar-refractivity contribution in [2.24, 2.45) is 5.73 Å². The van der Waals surface area contributed by atoms with Gasteiger partial charge in [-0.2, -0.15) is 0 Å². The molecular weight excluding hydrogens is 195 g/mol. The van der Waals surface area contributed by atoms with Crippen molar-refractivity contribution >= 4 is 5.69 Å². The minimum atomic E-state index is -0.301. The quantitative estimate of drug-likeness (QED) is 0.784. The minimum Gasteiger partial charge on any atom is -0.492 e. The summed E-state index contributed by atoms with van der Waals surface area (Å²) in [5.74, 6) is 0.224. The molecule has 0 fully saturated rings. The zero-order valence-corrected chi connectivity index (χ0v) is 9.09. The number of halogens is 1. The molecule has 1 atom stereocenters. The van der Waals surface area contributed by atoms with Crippen molar-refractivity contribution in [2.45, 2.75) is 19.9 Å². The van der Waals surface area contributed by atoms with Crippen LogP contribution in [0.25, 0.3) is 0 Å². The molecule has 0 saturated carbocycles. The molecule has 3 N–H and O–H groups in total. The fourth-order valence-electron chi connectivity index (χ4n) is 1.21. The molecule has 4 heteroatoms. The van der Waals surface area contributed by atoms with Crippen molar-refractivity contribution in [3.63, 3.8) is 0 Å². The number of rotatable bonds is 5. The summed E-state index contributed by atoms with van der Waals surface area (Å²) in [5.41, 5.74) is 6.27. The van der Waals surface area contributed by atoms with E-state index in [1.807, 2.05) is 13.8 Å².